The van der Waals surface area contributed by atoms with Crippen LogP contribution in [-0.4, -0.2) is 11.1 Å². The van der Waals surface area contributed by atoms with Crippen molar-refractivity contribution >= 4 is 11.6 Å². The maximum absolute atomic E-state index is 8.71. The fraction of sp³-hybridized carbons (Fsp3) is 0.333. The Kier molecular flexibility index (Phi) is 2.07. The second kappa shape index (κ2) is 3.23. The molecule has 4 heteroatoms. The second-order valence-electron chi connectivity index (χ2n) is 2.93. The van der Waals surface area contributed by atoms with Crippen LogP contribution in [0, 0.1) is 11.3 Å². The van der Waals surface area contributed by atoms with Gasteiger partial charge in [0.25, 0.3) is 0 Å². The minimum atomic E-state index is 0.257. The zero-order chi connectivity index (χ0) is 9.26. The van der Waals surface area contributed by atoms with E-state index in [2.05, 4.69) is 4.98 Å². The lowest BCUT2D eigenvalue weighted by molar-refractivity contribution is 0.301. The predicted octanol–water partition coefficient (Wildman–Crippen LogP) is 2.15. The van der Waals surface area contributed by atoms with Crippen molar-refractivity contribution in [2.24, 2.45) is 0 Å². The lowest BCUT2D eigenvalue weighted by atomic mass is 10.3. The first-order chi connectivity index (χ1) is 6.29. The average Bonchev–Trinajstić information content (AvgIpc) is 2.89. The Morgan fingerprint density at radius 2 is 2.38 bits per heavy atom. The third kappa shape index (κ3) is 1.90. The molecule has 1 saturated carbocycles. The summed E-state index contributed by atoms with van der Waals surface area (Å²) in [6.07, 6.45) is 3.81. The summed E-state index contributed by atoms with van der Waals surface area (Å²) in [4.78, 5) is 3.86. The molecule has 1 aliphatic rings. The number of aromatic nitrogens is 1. The third-order valence-electron chi connectivity index (χ3n) is 1.74. The highest BCUT2D eigenvalue weighted by Gasteiger charge is 2.24. The minimum Gasteiger partial charge on any atom is -0.487 e. The van der Waals surface area contributed by atoms with Gasteiger partial charge in [0.1, 0.15) is 6.07 Å². The SMILES string of the molecule is N#Cc1ncc(Cl)cc1OC1CC1. The molecule has 0 saturated heterocycles. The van der Waals surface area contributed by atoms with Crippen LogP contribution in [0.2, 0.25) is 5.02 Å². The number of ether oxygens (including phenoxy) is 1. The van der Waals surface area contributed by atoms with E-state index in [0.29, 0.717) is 16.5 Å². The van der Waals surface area contributed by atoms with Crippen LogP contribution in [0.3, 0.4) is 0 Å². The third-order valence-corrected chi connectivity index (χ3v) is 1.95. The van der Waals surface area contributed by atoms with Gasteiger partial charge >= 0.3 is 0 Å². The van der Waals surface area contributed by atoms with Crippen LogP contribution in [0.4, 0.5) is 0 Å². The van der Waals surface area contributed by atoms with Crippen molar-refractivity contribution in [1.29, 1.82) is 5.26 Å². The maximum Gasteiger partial charge on any atom is 0.182 e. The number of rotatable bonds is 2. The van der Waals surface area contributed by atoms with E-state index < -0.39 is 0 Å². The smallest absolute Gasteiger partial charge is 0.182 e. The van der Waals surface area contributed by atoms with Gasteiger partial charge in [0.15, 0.2) is 11.4 Å². The molecule has 0 aromatic carbocycles. The molecule has 1 aliphatic carbocycles. The highest BCUT2D eigenvalue weighted by molar-refractivity contribution is 6.30. The van der Waals surface area contributed by atoms with Crippen LogP contribution in [0.25, 0.3) is 0 Å². The van der Waals surface area contributed by atoms with Gasteiger partial charge in [0.05, 0.1) is 11.1 Å². The molecule has 3 nitrogen and oxygen atoms in total. The van der Waals surface area contributed by atoms with Gasteiger partial charge in [0, 0.05) is 12.3 Å². The molecule has 0 radical (unpaired) electrons. The molecule has 1 aromatic heterocycles. The quantitative estimate of drug-likeness (QED) is 0.725. The van der Waals surface area contributed by atoms with Gasteiger partial charge in [-0.25, -0.2) is 4.98 Å². The van der Waals surface area contributed by atoms with E-state index in [0.717, 1.165) is 12.8 Å². The van der Waals surface area contributed by atoms with Gasteiger partial charge in [-0.15, -0.1) is 0 Å². The van der Waals surface area contributed by atoms with E-state index >= 15 is 0 Å². The lowest BCUT2D eigenvalue weighted by Crippen LogP contribution is -1.99. The summed E-state index contributed by atoms with van der Waals surface area (Å²) in [7, 11) is 0. The zero-order valence-electron chi connectivity index (χ0n) is 6.83. The van der Waals surface area contributed by atoms with Crippen LogP contribution in [0.1, 0.15) is 18.5 Å². The average molecular weight is 195 g/mol. The van der Waals surface area contributed by atoms with E-state index in [1.165, 1.54) is 6.20 Å². The molecule has 13 heavy (non-hydrogen) atoms. The highest BCUT2D eigenvalue weighted by Crippen LogP contribution is 2.29. The summed E-state index contributed by atoms with van der Waals surface area (Å²) in [6.45, 7) is 0. The largest absolute Gasteiger partial charge is 0.487 e. The van der Waals surface area contributed by atoms with Crippen LogP contribution in [-0.2, 0) is 0 Å². The van der Waals surface area contributed by atoms with E-state index in [1.807, 2.05) is 6.07 Å². The lowest BCUT2D eigenvalue weighted by Gasteiger charge is -2.04. The van der Waals surface area contributed by atoms with Crippen molar-refractivity contribution < 1.29 is 4.74 Å². The summed E-state index contributed by atoms with van der Waals surface area (Å²) in [6, 6.07) is 3.59. The predicted molar refractivity (Wildman–Crippen MR) is 47.6 cm³/mol. The molecule has 0 atom stereocenters. The van der Waals surface area contributed by atoms with E-state index in [4.69, 9.17) is 21.6 Å². The maximum atomic E-state index is 8.71. The standard InChI is InChI=1S/C9H7ClN2O/c10-6-3-9(13-7-1-2-7)8(4-11)12-5-6/h3,5,7H,1-2H2. The molecular formula is C9H7ClN2O. The molecule has 0 aliphatic heterocycles. The number of pyridine rings is 1. The monoisotopic (exact) mass is 194 g/mol. The van der Waals surface area contributed by atoms with Crippen molar-refractivity contribution in [3.05, 3.63) is 23.0 Å². The van der Waals surface area contributed by atoms with Crippen LogP contribution in [0.15, 0.2) is 12.3 Å². The number of hydrogen-bond donors (Lipinski definition) is 0. The van der Waals surface area contributed by atoms with Gasteiger partial charge in [-0.2, -0.15) is 5.26 Å². The summed E-state index contributed by atoms with van der Waals surface area (Å²) >= 11 is 5.73. The van der Waals surface area contributed by atoms with E-state index in [9.17, 15) is 0 Å². The van der Waals surface area contributed by atoms with E-state index in [-0.39, 0.29) is 6.10 Å². The van der Waals surface area contributed by atoms with Crippen molar-refractivity contribution in [3.63, 3.8) is 0 Å². The molecule has 1 fully saturated rings. The van der Waals surface area contributed by atoms with Gasteiger partial charge in [-0.1, -0.05) is 11.6 Å². The number of hydrogen-bond acceptors (Lipinski definition) is 3. The van der Waals surface area contributed by atoms with Crippen molar-refractivity contribution in [2.45, 2.75) is 18.9 Å². The summed E-state index contributed by atoms with van der Waals surface area (Å²) < 4.78 is 5.46. The summed E-state index contributed by atoms with van der Waals surface area (Å²) in [5.41, 5.74) is 0.302. The van der Waals surface area contributed by atoms with Gasteiger partial charge in [0.2, 0.25) is 0 Å². The summed E-state index contributed by atoms with van der Waals surface area (Å²) in [5.74, 6) is 0.498. The Hall–Kier alpha value is -1.27. The molecule has 0 unspecified atom stereocenters. The molecule has 2 rings (SSSR count). The Morgan fingerprint density at radius 1 is 1.62 bits per heavy atom. The molecule has 0 bridgehead atoms. The summed E-state index contributed by atoms with van der Waals surface area (Å²) in [5, 5.41) is 9.20. The van der Waals surface area contributed by atoms with Crippen molar-refractivity contribution in [3.8, 4) is 11.8 Å². The van der Waals surface area contributed by atoms with Crippen molar-refractivity contribution in [1.82, 2.24) is 4.98 Å². The highest BCUT2D eigenvalue weighted by atomic mass is 35.5. The Labute approximate surface area is 80.9 Å². The fourth-order valence-electron chi connectivity index (χ4n) is 0.960. The van der Waals surface area contributed by atoms with Gasteiger partial charge in [-0.05, 0) is 12.8 Å². The normalized spacial score (nSPS) is 15.1. The first kappa shape index (κ1) is 8.33. The van der Waals surface area contributed by atoms with E-state index in [1.54, 1.807) is 6.07 Å². The molecule has 0 amide bonds. The zero-order valence-corrected chi connectivity index (χ0v) is 7.58. The second-order valence-corrected chi connectivity index (χ2v) is 3.37. The topological polar surface area (TPSA) is 45.9 Å². The Morgan fingerprint density at radius 3 is 3.00 bits per heavy atom. The molecule has 0 N–H and O–H groups in total. The Bertz CT molecular complexity index is 368. The number of nitrogens with zero attached hydrogens (tertiary/aromatic N) is 2. The molecule has 66 valence electrons. The van der Waals surface area contributed by atoms with Gasteiger partial charge in [-0.3, -0.25) is 0 Å². The first-order valence-corrected chi connectivity index (χ1v) is 4.39. The molecule has 1 aromatic rings. The molecular weight excluding hydrogens is 188 g/mol. The number of nitriles is 1. The Balaban J connectivity index is 2.29. The minimum absolute atomic E-state index is 0.257. The van der Waals surface area contributed by atoms with Crippen molar-refractivity contribution in [2.75, 3.05) is 0 Å². The molecule has 1 heterocycles. The van der Waals surface area contributed by atoms with Crippen LogP contribution < -0.4 is 4.74 Å². The number of halogens is 1. The first-order valence-electron chi connectivity index (χ1n) is 4.02. The van der Waals surface area contributed by atoms with Crippen LogP contribution in [0.5, 0.6) is 5.75 Å². The molecule has 0 spiro atoms. The van der Waals surface area contributed by atoms with Gasteiger partial charge < -0.3 is 4.74 Å². The van der Waals surface area contributed by atoms with Crippen LogP contribution >= 0.6 is 11.6 Å². The fourth-order valence-corrected chi connectivity index (χ4v) is 1.11.